The number of nitrogens with one attached hydrogen (secondary N) is 1. The number of thioether (sulfide) groups is 1. The lowest BCUT2D eigenvalue weighted by atomic mass is 10.1. The van der Waals surface area contributed by atoms with E-state index in [-0.39, 0.29) is 0 Å². The van der Waals surface area contributed by atoms with Crippen molar-refractivity contribution < 1.29 is 0 Å². The van der Waals surface area contributed by atoms with E-state index in [2.05, 4.69) is 28.9 Å². The monoisotopic (exact) mass is 228 g/mol. The van der Waals surface area contributed by atoms with E-state index in [0.29, 0.717) is 0 Å². The highest BCUT2D eigenvalue weighted by Gasteiger charge is 2.35. The van der Waals surface area contributed by atoms with Crippen LogP contribution < -0.4 is 5.32 Å². The quantitative estimate of drug-likeness (QED) is 0.698. The Kier molecular flexibility index (Phi) is 4.79. The fourth-order valence-corrected chi connectivity index (χ4v) is 3.13. The molecule has 1 unspecified atom stereocenters. The van der Waals surface area contributed by atoms with Crippen LogP contribution in [-0.4, -0.2) is 48.6 Å². The van der Waals surface area contributed by atoms with Gasteiger partial charge in [0.15, 0.2) is 0 Å². The topological polar surface area (TPSA) is 15.3 Å². The van der Waals surface area contributed by atoms with Crippen molar-refractivity contribution in [1.82, 2.24) is 10.2 Å². The third-order valence-corrected chi connectivity index (χ3v) is 4.49. The van der Waals surface area contributed by atoms with Crippen LogP contribution in [0.5, 0.6) is 0 Å². The largest absolute Gasteiger partial charge is 0.314 e. The average molecular weight is 228 g/mol. The first-order valence-corrected chi connectivity index (χ1v) is 7.59. The zero-order chi connectivity index (χ0) is 10.5. The molecule has 2 fully saturated rings. The molecule has 0 aromatic heterocycles. The summed E-state index contributed by atoms with van der Waals surface area (Å²) in [7, 11) is 0. The van der Waals surface area contributed by atoms with Gasteiger partial charge in [0.05, 0.1) is 0 Å². The van der Waals surface area contributed by atoms with Gasteiger partial charge in [-0.15, -0.1) is 0 Å². The minimum absolute atomic E-state index is 0.866. The van der Waals surface area contributed by atoms with E-state index in [1.165, 1.54) is 56.9 Å². The highest BCUT2D eigenvalue weighted by Crippen LogP contribution is 2.35. The number of rotatable bonds is 6. The first-order valence-electron chi connectivity index (χ1n) is 6.44. The van der Waals surface area contributed by atoms with Crippen LogP contribution in [0.3, 0.4) is 0 Å². The van der Waals surface area contributed by atoms with Gasteiger partial charge in [0.1, 0.15) is 0 Å². The first kappa shape index (κ1) is 11.7. The van der Waals surface area contributed by atoms with Gasteiger partial charge in [-0.25, -0.2) is 0 Å². The predicted octanol–water partition coefficient (Wildman–Crippen LogP) is 1.81. The van der Waals surface area contributed by atoms with E-state index >= 15 is 0 Å². The van der Waals surface area contributed by atoms with Crippen LogP contribution in [0.1, 0.15) is 26.2 Å². The summed E-state index contributed by atoms with van der Waals surface area (Å²) in [6.45, 7) is 7.30. The summed E-state index contributed by atoms with van der Waals surface area (Å²) in [6.07, 6.45) is 4.33. The Balaban J connectivity index is 1.68. The van der Waals surface area contributed by atoms with E-state index in [1.807, 2.05) is 0 Å². The second kappa shape index (κ2) is 6.12. The minimum Gasteiger partial charge on any atom is -0.314 e. The molecule has 0 amide bonds. The number of piperazine rings is 1. The molecule has 1 N–H and O–H groups in total. The predicted molar refractivity (Wildman–Crippen MR) is 68.6 cm³/mol. The first-order chi connectivity index (χ1) is 7.42. The molecule has 1 aliphatic heterocycles. The van der Waals surface area contributed by atoms with Gasteiger partial charge < -0.3 is 5.32 Å². The molecule has 1 aliphatic carbocycles. The van der Waals surface area contributed by atoms with Crippen LogP contribution in [0.2, 0.25) is 0 Å². The molecule has 1 atom stereocenters. The van der Waals surface area contributed by atoms with Crippen LogP contribution in [-0.2, 0) is 0 Å². The van der Waals surface area contributed by atoms with Crippen LogP contribution in [0.15, 0.2) is 0 Å². The van der Waals surface area contributed by atoms with Crippen LogP contribution in [0, 0.1) is 5.92 Å². The second-order valence-corrected chi connectivity index (χ2v) is 6.09. The van der Waals surface area contributed by atoms with Crippen molar-refractivity contribution >= 4 is 11.8 Å². The van der Waals surface area contributed by atoms with Crippen molar-refractivity contribution in [1.29, 1.82) is 0 Å². The van der Waals surface area contributed by atoms with Gasteiger partial charge in [-0.05, 0) is 43.2 Å². The van der Waals surface area contributed by atoms with Crippen molar-refractivity contribution in [3.05, 3.63) is 0 Å². The lowest BCUT2D eigenvalue weighted by Crippen LogP contribution is -2.52. The molecule has 1 saturated heterocycles. The lowest BCUT2D eigenvalue weighted by molar-refractivity contribution is 0.144. The summed E-state index contributed by atoms with van der Waals surface area (Å²) < 4.78 is 0. The molecule has 15 heavy (non-hydrogen) atoms. The van der Waals surface area contributed by atoms with Crippen LogP contribution >= 0.6 is 11.8 Å². The Morgan fingerprint density at radius 1 is 1.40 bits per heavy atom. The Hall–Kier alpha value is 0.270. The molecule has 0 aromatic carbocycles. The molecule has 1 saturated carbocycles. The maximum absolute atomic E-state index is 3.54. The third-order valence-electron chi connectivity index (χ3n) is 3.50. The van der Waals surface area contributed by atoms with E-state index in [4.69, 9.17) is 0 Å². The van der Waals surface area contributed by atoms with Gasteiger partial charge in [0, 0.05) is 25.7 Å². The van der Waals surface area contributed by atoms with Gasteiger partial charge in [-0.1, -0.05) is 6.92 Å². The van der Waals surface area contributed by atoms with Gasteiger partial charge in [-0.2, -0.15) is 11.8 Å². The molecular weight excluding hydrogens is 204 g/mol. The summed E-state index contributed by atoms with van der Waals surface area (Å²) in [6, 6.07) is 0.866. The minimum atomic E-state index is 0.866. The van der Waals surface area contributed by atoms with Crippen molar-refractivity contribution in [2.75, 3.05) is 37.7 Å². The molecule has 1 heterocycles. The Bertz CT molecular complexity index is 182. The van der Waals surface area contributed by atoms with E-state index in [9.17, 15) is 0 Å². The van der Waals surface area contributed by atoms with Gasteiger partial charge in [0.25, 0.3) is 0 Å². The average Bonchev–Trinajstić information content (AvgIpc) is 3.09. The molecule has 3 heteroatoms. The standard InChI is InChI=1S/C12H24N2S/c1-2-15-9-3-7-14-8-6-13-10-12(14)11-4-5-11/h11-13H,2-10H2,1H3. The second-order valence-electron chi connectivity index (χ2n) is 4.70. The normalized spacial score (nSPS) is 28.2. The summed E-state index contributed by atoms with van der Waals surface area (Å²) in [4.78, 5) is 2.74. The van der Waals surface area contributed by atoms with Gasteiger partial charge in [-0.3, -0.25) is 4.90 Å². The van der Waals surface area contributed by atoms with Crippen molar-refractivity contribution in [2.24, 2.45) is 5.92 Å². The Morgan fingerprint density at radius 2 is 2.27 bits per heavy atom. The molecule has 2 aliphatic rings. The lowest BCUT2D eigenvalue weighted by Gasteiger charge is -2.36. The third kappa shape index (κ3) is 3.65. The maximum atomic E-state index is 3.54. The highest BCUT2D eigenvalue weighted by molar-refractivity contribution is 7.99. The Morgan fingerprint density at radius 3 is 3.00 bits per heavy atom. The number of hydrogen-bond donors (Lipinski definition) is 1. The number of nitrogens with zero attached hydrogens (tertiary/aromatic N) is 1. The molecular formula is C12H24N2S. The van der Waals surface area contributed by atoms with Crippen LogP contribution in [0.25, 0.3) is 0 Å². The summed E-state index contributed by atoms with van der Waals surface area (Å²) in [5.74, 6) is 3.64. The summed E-state index contributed by atoms with van der Waals surface area (Å²) in [5, 5.41) is 3.54. The molecule has 88 valence electrons. The van der Waals surface area contributed by atoms with E-state index in [0.717, 1.165) is 12.0 Å². The van der Waals surface area contributed by atoms with Gasteiger partial charge in [0.2, 0.25) is 0 Å². The Labute approximate surface area is 98.2 Å². The van der Waals surface area contributed by atoms with Crippen molar-refractivity contribution in [3.63, 3.8) is 0 Å². The van der Waals surface area contributed by atoms with E-state index < -0.39 is 0 Å². The summed E-state index contributed by atoms with van der Waals surface area (Å²) in [5.41, 5.74) is 0. The molecule has 2 rings (SSSR count). The molecule has 0 spiro atoms. The fraction of sp³-hybridized carbons (Fsp3) is 1.00. The fourth-order valence-electron chi connectivity index (χ4n) is 2.51. The smallest absolute Gasteiger partial charge is 0.0249 e. The molecule has 0 bridgehead atoms. The molecule has 0 aromatic rings. The molecule has 0 radical (unpaired) electrons. The maximum Gasteiger partial charge on any atom is 0.0249 e. The number of hydrogen-bond acceptors (Lipinski definition) is 3. The highest BCUT2D eigenvalue weighted by atomic mass is 32.2. The molecule has 2 nitrogen and oxygen atoms in total. The van der Waals surface area contributed by atoms with Crippen molar-refractivity contribution in [2.45, 2.75) is 32.2 Å². The van der Waals surface area contributed by atoms with Gasteiger partial charge >= 0.3 is 0 Å². The zero-order valence-electron chi connectivity index (χ0n) is 9.87. The van der Waals surface area contributed by atoms with E-state index in [1.54, 1.807) is 0 Å². The van der Waals surface area contributed by atoms with Crippen molar-refractivity contribution in [3.8, 4) is 0 Å². The zero-order valence-corrected chi connectivity index (χ0v) is 10.7. The van der Waals surface area contributed by atoms with Crippen LogP contribution in [0.4, 0.5) is 0 Å². The summed E-state index contributed by atoms with van der Waals surface area (Å²) >= 11 is 2.08. The SMILES string of the molecule is CCSCCCN1CCNCC1C1CC1.